The van der Waals surface area contributed by atoms with Gasteiger partial charge in [-0.15, -0.1) is 0 Å². The van der Waals surface area contributed by atoms with E-state index in [1.807, 2.05) is 42.3 Å². The molecule has 8 nitrogen and oxygen atoms in total. The number of anilines is 1. The van der Waals surface area contributed by atoms with Crippen molar-refractivity contribution in [2.75, 3.05) is 12.0 Å². The van der Waals surface area contributed by atoms with E-state index >= 15 is 0 Å². The van der Waals surface area contributed by atoms with Crippen molar-refractivity contribution in [3.63, 3.8) is 0 Å². The molecule has 3 aromatic rings. The molecule has 1 atom stereocenters. The second-order valence-corrected chi connectivity index (χ2v) is 9.28. The van der Waals surface area contributed by atoms with Crippen molar-refractivity contribution in [3.8, 4) is 22.9 Å². The fourth-order valence-corrected chi connectivity index (χ4v) is 4.64. The van der Waals surface area contributed by atoms with Crippen LogP contribution in [0.1, 0.15) is 62.1 Å². The van der Waals surface area contributed by atoms with Crippen molar-refractivity contribution in [1.82, 2.24) is 19.7 Å². The molecule has 2 saturated carbocycles. The van der Waals surface area contributed by atoms with E-state index < -0.39 is 0 Å². The molecule has 2 aliphatic carbocycles. The highest BCUT2D eigenvalue weighted by molar-refractivity contribution is 5.92. The van der Waals surface area contributed by atoms with Crippen LogP contribution in [0, 0.1) is 0 Å². The Morgan fingerprint density at radius 2 is 1.85 bits per heavy atom. The second kappa shape index (κ2) is 7.86. The molecule has 6 rings (SSSR count). The molecule has 8 heteroatoms. The number of hydrogen-bond acceptors (Lipinski definition) is 6. The summed E-state index contributed by atoms with van der Waals surface area (Å²) in [5.74, 6) is 1.27. The van der Waals surface area contributed by atoms with E-state index in [2.05, 4.69) is 21.3 Å². The lowest BCUT2D eigenvalue weighted by atomic mass is 9.92. The van der Waals surface area contributed by atoms with Crippen LogP contribution in [0.15, 0.2) is 36.9 Å². The van der Waals surface area contributed by atoms with Crippen LogP contribution < -0.4 is 9.64 Å². The summed E-state index contributed by atoms with van der Waals surface area (Å²) in [5.41, 5.74) is 4.84. The van der Waals surface area contributed by atoms with Gasteiger partial charge < -0.3 is 9.47 Å². The number of fused-ring (bicyclic) bond motifs is 1. The Hall–Kier alpha value is -3.42. The molecule has 3 aliphatic rings. The van der Waals surface area contributed by atoms with Crippen molar-refractivity contribution in [2.45, 2.75) is 63.5 Å². The van der Waals surface area contributed by atoms with Crippen LogP contribution >= 0.6 is 0 Å². The third kappa shape index (κ3) is 3.73. The number of carbonyl (C=O) groups excluding carboxylic acids is 1. The van der Waals surface area contributed by atoms with Gasteiger partial charge >= 0.3 is 12.1 Å². The first-order valence-corrected chi connectivity index (χ1v) is 11.7. The van der Waals surface area contributed by atoms with Crippen LogP contribution in [0.2, 0.25) is 0 Å². The van der Waals surface area contributed by atoms with E-state index in [0.717, 1.165) is 40.8 Å². The molecule has 0 unspecified atom stereocenters. The standard InChI is InChI=1S/C25H27N5O3/c1-15-3-8-21-22(30(15)25(31)32-2)10-9-20(18-13-28-29(14-18)19-6-7-19)23(21)33-24-26-11-17(12-27-24)16-4-5-16/h9-16,19H,3-8H2,1-2H3/t15-/m0/s1. The minimum absolute atomic E-state index is 0.0374. The first kappa shape index (κ1) is 20.2. The smallest absolute Gasteiger partial charge is 0.414 e. The van der Waals surface area contributed by atoms with Crippen LogP contribution in [0.25, 0.3) is 11.1 Å². The molecule has 0 spiro atoms. The number of carbonyl (C=O) groups is 1. The minimum Gasteiger partial charge on any atom is -0.452 e. The zero-order valence-corrected chi connectivity index (χ0v) is 18.9. The molecule has 3 heterocycles. The lowest BCUT2D eigenvalue weighted by molar-refractivity contribution is 0.175. The van der Waals surface area contributed by atoms with Crippen molar-refractivity contribution >= 4 is 11.8 Å². The van der Waals surface area contributed by atoms with Gasteiger partial charge in [0, 0.05) is 41.3 Å². The second-order valence-electron chi connectivity index (χ2n) is 9.28. The number of hydrogen-bond donors (Lipinski definition) is 0. The van der Waals surface area contributed by atoms with Gasteiger partial charge in [0.05, 0.1) is 25.0 Å². The summed E-state index contributed by atoms with van der Waals surface area (Å²) in [6.45, 7) is 2.04. The molecule has 33 heavy (non-hydrogen) atoms. The molecule has 2 aromatic heterocycles. The molecule has 1 aliphatic heterocycles. The first-order valence-electron chi connectivity index (χ1n) is 11.7. The minimum atomic E-state index is -0.367. The van der Waals surface area contributed by atoms with Gasteiger partial charge in [0.2, 0.25) is 0 Å². The molecule has 0 saturated heterocycles. The molecular formula is C25H27N5O3. The maximum atomic E-state index is 12.6. The van der Waals surface area contributed by atoms with E-state index in [0.29, 0.717) is 23.7 Å². The summed E-state index contributed by atoms with van der Waals surface area (Å²) >= 11 is 0. The van der Waals surface area contributed by atoms with E-state index in [1.54, 1.807) is 4.90 Å². The molecule has 170 valence electrons. The van der Waals surface area contributed by atoms with Crippen LogP contribution in [-0.2, 0) is 11.2 Å². The van der Waals surface area contributed by atoms with E-state index in [1.165, 1.54) is 32.8 Å². The van der Waals surface area contributed by atoms with Gasteiger partial charge in [-0.2, -0.15) is 5.10 Å². The molecule has 1 aromatic carbocycles. The van der Waals surface area contributed by atoms with Gasteiger partial charge in [0.15, 0.2) is 0 Å². The first-order chi connectivity index (χ1) is 16.1. The van der Waals surface area contributed by atoms with Gasteiger partial charge in [-0.3, -0.25) is 9.58 Å². The Bertz CT molecular complexity index is 1200. The van der Waals surface area contributed by atoms with Crippen molar-refractivity contribution < 1.29 is 14.3 Å². The molecular weight excluding hydrogens is 418 g/mol. The number of ether oxygens (including phenoxy) is 2. The number of nitrogens with zero attached hydrogens (tertiary/aromatic N) is 5. The molecule has 2 fully saturated rings. The largest absolute Gasteiger partial charge is 0.452 e. The quantitative estimate of drug-likeness (QED) is 0.533. The molecule has 0 radical (unpaired) electrons. The zero-order chi connectivity index (χ0) is 22.5. The fraction of sp³-hybridized carbons (Fsp3) is 0.440. The van der Waals surface area contributed by atoms with Crippen molar-refractivity contribution in [1.29, 1.82) is 0 Å². The van der Waals surface area contributed by atoms with Crippen LogP contribution in [0.5, 0.6) is 11.8 Å². The van der Waals surface area contributed by atoms with Crippen molar-refractivity contribution in [3.05, 3.63) is 48.0 Å². The Kier molecular flexibility index (Phi) is 4.81. The zero-order valence-electron chi connectivity index (χ0n) is 18.9. The number of aromatic nitrogens is 4. The average molecular weight is 446 g/mol. The summed E-state index contributed by atoms with van der Waals surface area (Å²) < 4.78 is 13.5. The number of benzene rings is 1. The fourth-order valence-electron chi connectivity index (χ4n) is 4.64. The Morgan fingerprint density at radius 1 is 1.06 bits per heavy atom. The molecule has 1 amide bonds. The summed E-state index contributed by atoms with van der Waals surface area (Å²) in [6.07, 6.45) is 13.7. The number of methoxy groups -OCH3 is 1. The van der Waals surface area contributed by atoms with Gasteiger partial charge in [-0.25, -0.2) is 14.8 Å². The Labute approximate surface area is 192 Å². The number of amides is 1. The monoisotopic (exact) mass is 445 g/mol. The van der Waals surface area contributed by atoms with Gasteiger partial charge in [0.1, 0.15) is 5.75 Å². The summed E-state index contributed by atoms with van der Waals surface area (Å²) in [5, 5.41) is 4.57. The van der Waals surface area contributed by atoms with Crippen LogP contribution in [-0.4, -0.2) is 39.0 Å². The maximum absolute atomic E-state index is 12.6. The van der Waals surface area contributed by atoms with Crippen molar-refractivity contribution in [2.24, 2.45) is 0 Å². The molecule has 0 bridgehead atoms. The SMILES string of the molecule is COC(=O)N1c2ccc(-c3cnn(C4CC4)c3)c(Oc3ncc(C4CC4)cn3)c2CC[C@@H]1C. The topological polar surface area (TPSA) is 82.4 Å². The van der Waals surface area contributed by atoms with Gasteiger partial charge in [-0.05, 0) is 69.1 Å². The maximum Gasteiger partial charge on any atom is 0.414 e. The summed E-state index contributed by atoms with van der Waals surface area (Å²) in [4.78, 5) is 23.3. The third-order valence-electron chi connectivity index (χ3n) is 6.84. The van der Waals surface area contributed by atoms with E-state index in [-0.39, 0.29) is 12.1 Å². The third-order valence-corrected chi connectivity index (χ3v) is 6.84. The van der Waals surface area contributed by atoms with Gasteiger partial charge in [0.25, 0.3) is 0 Å². The predicted octanol–water partition coefficient (Wildman–Crippen LogP) is 5.25. The van der Waals surface area contributed by atoms with Crippen LogP contribution in [0.4, 0.5) is 10.5 Å². The molecule has 0 N–H and O–H groups in total. The Morgan fingerprint density at radius 3 is 2.55 bits per heavy atom. The summed E-state index contributed by atoms with van der Waals surface area (Å²) in [7, 11) is 1.41. The lowest BCUT2D eigenvalue weighted by Crippen LogP contribution is -2.42. The summed E-state index contributed by atoms with van der Waals surface area (Å²) in [6, 6.07) is 4.82. The van der Waals surface area contributed by atoms with E-state index in [9.17, 15) is 4.79 Å². The van der Waals surface area contributed by atoms with Gasteiger partial charge in [-0.1, -0.05) is 0 Å². The predicted molar refractivity (Wildman–Crippen MR) is 123 cm³/mol. The lowest BCUT2D eigenvalue weighted by Gasteiger charge is -2.35. The van der Waals surface area contributed by atoms with E-state index in [4.69, 9.17) is 9.47 Å². The highest BCUT2D eigenvalue weighted by atomic mass is 16.5. The highest BCUT2D eigenvalue weighted by Crippen LogP contribution is 2.45. The number of rotatable bonds is 5. The normalized spacial score (nSPS) is 19.8. The average Bonchev–Trinajstić information content (AvgIpc) is 3.78. The Balaban J connectivity index is 1.44. The highest BCUT2D eigenvalue weighted by Gasteiger charge is 2.33. The van der Waals surface area contributed by atoms with Crippen LogP contribution in [0.3, 0.4) is 0 Å².